The number of carbonyl (C=O) groups is 2. The van der Waals surface area contributed by atoms with Gasteiger partial charge in [-0.2, -0.15) is 0 Å². The molecular weight excluding hydrogens is 1170 g/mol. The van der Waals surface area contributed by atoms with E-state index in [4.69, 9.17) is 18.5 Å². The summed E-state index contributed by atoms with van der Waals surface area (Å²) in [6.07, 6.45) is 94.3. The highest BCUT2D eigenvalue weighted by molar-refractivity contribution is 7.47. The van der Waals surface area contributed by atoms with Gasteiger partial charge in [0.25, 0.3) is 0 Å². The zero-order valence-electron chi connectivity index (χ0n) is 63.8. The molecule has 9 nitrogen and oxygen atoms in total. The molecule has 1 N–H and O–H groups in total. The van der Waals surface area contributed by atoms with E-state index in [0.717, 1.165) is 38.5 Å². The number of phosphoric acid groups is 1. The van der Waals surface area contributed by atoms with E-state index in [1.165, 1.54) is 405 Å². The highest BCUT2D eigenvalue weighted by Crippen LogP contribution is 2.43. The Hall–Kier alpha value is -0.990. The molecule has 0 rings (SSSR count). The summed E-state index contributed by atoms with van der Waals surface area (Å²) in [5, 5.41) is 0. The van der Waals surface area contributed by atoms with Crippen molar-refractivity contribution < 1.29 is 42.1 Å². The van der Waals surface area contributed by atoms with Crippen molar-refractivity contribution in [3.63, 3.8) is 0 Å². The Balaban J connectivity index is 3.85. The number of phosphoric ester groups is 1. The van der Waals surface area contributed by atoms with Crippen LogP contribution in [0.4, 0.5) is 0 Å². The first-order chi connectivity index (χ1) is 45.5. The van der Waals surface area contributed by atoms with E-state index in [1.807, 2.05) is 21.1 Å². The summed E-state index contributed by atoms with van der Waals surface area (Å²) in [7, 11) is 1.51. The van der Waals surface area contributed by atoms with Crippen LogP contribution in [-0.4, -0.2) is 74.9 Å². The van der Waals surface area contributed by atoms with Crippen molar-refractivity contribution in [2.24, 2.45) is 0 Å². The number of carbonyl (C=O) groups excluding carboxylic acids is 2. The molecule has 0 heterocycles. The number of ether oxygens (including phenoxy) is 2. The zero-order valence-corrected chi connectivity index (χ0v) is 64.7. The van der Waals surface area contributed by atoms with E-state index in [0.29, 0.717) is 17.4 Å². The molecule has 10 heteroatoms. The predicted molar refractivity (Wildman–Crippen MR) is 405 cm³/mol. The lowest BCUT2D eigenvalue weighted by Gasteiger charge is -2.24. The fourth-order valence-electron chi connectivity index (χ4n) is 13.4. The van der Waals surface area contributed by atoms with Crippen LogP contribution in [-0.2, 0) is 32.7 Å². The minimum absolute atomic E-state index is 0.0379. The second-order valence-corrected chi connectivity index (χ2v) is 32.0. The topological polar surface area (TPSA) is 108 Å². The first-order valence-corrected chi connectivity index (χ1v) is 43.8. The first kappa shape index (κ1) is 92.0. The molecule has 0 bridgehead atoms. The molecule has 0 saturated heterocycles. The van der Waals surface area contributed by atoms with Gasteiger partial charge in [-0.25, -0.2) is 4.57 Å². The highest BCUT2D eigenvalue weighted by Gasteiger charge is 2.27. The summed E-state index contributed by atoms with van der Waals surface area (Å²) < 4.78 is 34.9. The molecular formula is C83H167NO8P+. The lowest BCUT2D eigenvalue weighted by atomic mass is 10.0. The third-order valence-corrected chi connectivity index (χ3v) is 20.9. The van der Waals surface area contributed by atoms with Crippen LogP contribution >= 0.6 is 7.82 Å². The smallest absolute Gasteiger partial charge is 0.462 e. The van der Waals surface area contributed by atoms with Gasteiger partial charge in [0.1, 0.15) is 19.8 Å². The van der Waals surface area contributed by atoms with Gasteiger partial charge in [-0.05, 0) is 12.8 Å². The van der Waals surface area contributed by atoms with Crippen LogP contribution in [0.5, 0.6) is 0 Å². The first-order valence-electron chi connectivity index (χ1n) is 42.3. The lowest BCUT2D eigenvalue weighted by Crippen LogP contribution is -2.37. The fourth-order valence-corrected chi connectivity index (χ4v) is 14.2. The van der Waals surface area contributed by atoms with E-state index in [1.54, 1.807) is 0 Å². The van der Waals surface area contributed by atoms with E-state index in [9.17, 15) is 19.0 Å². The molecule has 0 saturated carbocycles. The van der Waals surface area contributed by atoms with Crippen LogP contribution < -0.4 is 0 Å². The number of hydrogen-bond acceptors (Lipinski definition) is 7. The van der Waals surface area contributed by atoms with Crippen molar-refractivity contribution >= 4 is 19.8 Å². The van der Waals surface area contributed by atoms with Gasteiger partial charge in [0.2, 0.25) is 0 Å². The molecule has 2 unspecified atom stereocenters. The molecule has 0 aliphatic rings. The number of quaternary nitrogens is 1. The Labute approximate surface area is 582 Å². The maximum Gasteiger partial charge on any atom is 0.472 e. The molecule has 0 spiro atoms. The second-order valence-electron chi connectivity index (χ2n) is 30.6. The van der Waals surface area contributed by atoms with Gasteiger partial charge < -0.3 is 18.9 Å². The summed E-state index contributed by atoms with van der Waals surface area (Å²) >= 11 is 0. The average molecular weight is 1340 g/mol. The van der Waals surface area contributed by atoms with Crippen molar-refractivity contribution in [1.82, 2.24) is 0 Å². The molecule has 0 fully saturated rings. The maximum absolute atomic E-state index is 12.9. The molecule has 93 heavy (non-hydrogen) atoms. The summed E-state index contributed by atoms with van der Waals surface area (Å²) in [5.74, 6) is -0.763. The molecule has 0 aromatic heterocycles. The molecule has 0 radical (unpaired) electrons. The molecule has 0 aromatic rings. The van der Waals surface area contributed by atoms with Gasteiger partial charge >= 0.3 is 19.8 Å². The van der Waals surface area contributed by atoms with Gasteiger partial charge in [-0.1, -0.05) is 444 Å². The van der Waals surface area contributed by atoms with Crippen LogP contribution in [0.15, 0.2) is 0 Å². The van der Waals surface area contributed by atoms with Gasteiger partial charge in [0.05, 0.1) is 27.7 Å². The molecule has 556 valence electrons. The molecule has 0 aromatic carbocycles. The van der Waals surface area contributed by atoms with Crippen LogP contribution in [0.2, 0.25) is 0 Å². The van der Waals surface area contributed by atoms with Crippen LogP contribution in [0.3, 0.4) is 0 Å². The Kier molecular flexibility index (Phi) is 74.4. The van der Waals surface area contributed by atoms with Crippen molar-refractivity contribution in [2.45, 2.75) is 476 Å². The van der Waals surface area contributed by atoms with E-state index >= 15 is 0 Å². The Bertz CT molecular complexity index is 1520. The predicted octanol–water partition coefficient (Wildman–Crippen LogP) is 28.0. The number of esters is 2. The zero-order chi connectivity index (χ0) is 67.6. The number of rotatable bonds is 81. The molecule has 0 amide bonds. The average Bonchev–Trinajstić information content (AvgIpc) is 2.27. The van der Waals surface area contributed by atoms with Gasteiger partial charge in [0.15, 0.2) is 6.10 Å². The Morgan fingerprint density at radius 2 is 0.484 bits per heavy atom. The van der Waals surface area contributed by atoms with Crippen molar-refractivity contribution in [2.75, 3.05) is 47.5 Å². The number of likely N-dealkylation sites (N-methyl/N-ethyl adjacent to an activating group) is 1. The van der Waals surface area contributed by atoms with E-state index in [2.05, 4.69) is 13.8 Å². The minimum atomic E-state index is -4.39. The fraction of sp³-hybridized carbons (Fsp3) is 0.976. The monoisotopic (exact) mass is 1340 g/mol. The van der Waals surface area contributed by atoms with E-state index in [-0.39, 0.29) is 25.6 Å². The van der Waals surface area contributed by atoms with Gasteiger partial charge in [-0.3, -0.25) is 18.6 Å². The Morgan fingerprint density at radius 1 is 0.290 bits per heavy atom. The largest absolute Gasteiger partial charge is 0.472 e. The summed E-state index contributed by atoms with van der Waals surface area (Å²) in [6.45, 7) is 4.55. The molecule has 2 atom stereocenters. The third kappa shape index (κ3) is 79.9. The number of hydrogen-bond donors (Lipinski definition) is 1. The highest BCUT2D eigenvalue weighted by atomic mass is 31.2. The Morgan fingerprint density at radius 3 is 0.688 bits per heavy atom. The lowest BCUT2D eigenvalue weighted by molar-refractivity contribution is -0.870. The van der Waals surface area contributed by atoms with Crippen molar-refractivity contribution in [1.29, 1.82) is 0 Å². The maximum atomic E-state index is 12.9. The van der Waals surface area contributed by atoms with Crippen molar-refractivity contribution in [3.05, 3.63) is 0 Å². The summed E-state index contributed by atoms with van der Waals surface area (Å²) in [5.41, 5.74) is 0. The normalized spacial score (nSPS) is 12.9. The minimum Gasteiger partial charge on any atom is -0.462 e. The van der Waals surface area contributed by atoms with Crippen LogP contribution in [0.1, 0.15) is 470 Å². The van der Waals surface area contributed by atoms with Crippen molar-refractivity contribution in [3.8, 4) is 0 Å². The van der Waals surface area contributed by atoms with Gasteiger partial charge in [-0.15, -0.1) is 0 Å². The van der Waals surface area contributed by atoms with Crippen LogP contribution in [0, 0.1) is 0 Å². The third-order valence-electron chi connectivity index (χ3n) is 19.9. The SMILES string of the molecule is CCCCCCCCCCCCCCCCCCCCCCCCCCCCCCCCCCCCCCCC(=O)OC(COC(=O)CCCCCCCCCCCCCCCCCCCCCCCCCCCCCCCCCC)COP(=O)(O)OCC[N+](C)(C)C. The second kappa shape index (κ2) is 75.2. The van der Waals surface area contributed by atoms with Gasteiger partial charge in [0, 0.05) is 12.8 Å². The quantitative estimate of drug-likeness (QED) is 0.0278. The summed E-state index contributed by atoms with van der Waals surface area (Å²) in [6, 6.07) is 0. The number of nitrogens with zero attached hydrogens (tertiary/aromatic N) is 1. The number of unbranched alkanes of at least 4 members (excludes halogenated alkanes) is 67. The standard InChI is InChI=1S/C83H166NO8P/c1-6-8-10-12-14-16-18-20-22-24-26-28-30-32-34-36-38-40-41-42-43-44-46-48-50-52-54-56-58-60-62-64-66-68-70-72-74-76-83(86)92-81(80-91-93(87,88)90-78-77-84(3,4)5)79-89-82(85)75-73-71-69-67-65-63-61-59-57-55-53-51-49-47-45-39-37-35-33-31-29-27-25-23-21-19-17-15-13-11-9-7-2/h81H,6-80H2,1-5H3/p+1. The molecule has 0 aliphatic carbocycles. The summed E-state index contributed by atoms with van der Waals surface area (Å²) in [4.78, 5) is 36.0. The van der Waals surface area contributed by atoms with E-state index < -0.39 is 26.5 Å². The molecule has 0 aliphatic heterocycles. The van der Waals surface area contributed by atoms with Crippen LogP contribution in [0.25, 0.3) is 0 Å².